The fraction of sp³-hybridized carbons (Fsp3) is 0.438. The molecular formula is C16H23N5OS. The molecule has 1 heterocycles. The number of likely N-dealkylation sites (N-methyl/N-ethyl adjacent to an activating group) is 1. The fourth-order valence-corrected chi connectivity index (χ4v) is 2.77. The molecule has 1 amide bonds. The summed E-state index contributed by atoms with van der Waals surface area (Å²) in [5, 5.41) is 7.46. The summed E-state index contributed by atoms with van der Waals surface area (Å²) in [5.41, 5.74) is 1.14. The highest BCUT2D eigenvalue weighted by atomic mass is 32.2. The zero-order valence-corrected chi connectivity index (χ0v) is 14.6. The predicted octanol–water partition coefficient (Wildman–Crippen LogP) is 1.80. The average molecular weight is 333 g/mol. The lowest BCUT2D eigenvalue weighted by atomic mass is 10.2. The van der Waals surface area contributed by atoms with Crippen molar-refractivity contribution >= 4 is 17.7 Å². The van der Waals surface area contributed by atoms with Gasteiger partial charge in [-0.1, -0.05) is 42.1 Å². The lowest BCUT2D eigenvalue weighted by molar-refractivity contribution is -0.129. The maximum atomic E-state index is 12.6. The summed E-state index contributed by atoms with van der Waals surface area (Å²) in [6.45, 7) is 4.01. The van der Waals surface area contributed by atoms with Crippen LogP contribution in [0.15, 0.2) is 35.5 Å². The van der Waals surface area contributed by atoms with Gasteiger partial charge in [-0.3, -0.25) is 9.89 Å². The van der Waals surface area contributed by atoms with Gasteiger partial charge < -0.3 is 9.80 Å². The number of carbonyl (C=O) groups excluding carboxylic acids is 1. The third kappa shape index (κ3) is 6.03. The number of benzene rings is 1. The van der Waals surface area contributed by atoms with Gasteiger partial charge in [0.25, 0.3) is 0 Å². The molecule has 1 N–H and O–H groups in total. The summed E-state index contributed by atoms with van der Waals surface area (Å²) in [6, 6.07) is 10.1. The quantitative estimate of drug-likeness (QED) is 0.746. The first kappa shape index (κ1) is 17.5. The number of amides is 1. The Hall–Kier alpha value is -1.86. The minimum absolute atomic E-state index is 0.100. The van der Waals surface area contributed by atoms with E-state index in [0.717, 1.165) is 17.9 Å². The molecule has 2 aromatic rings. The topological polar surface area (TPSA) is 65.1 Å². The summed E-state index contributed by atoms with van der Waals surface area (Å²) >= 11 is 1.36. The van der Waals surface area contributed by atoms with E-state index >= 15 is 0 Å². The number of nitrogens with one attached hydrogen (secondary N) is 1. The minimum atomic E-state index is 0.100. The van der Waals surface area contributed by atoms with E-state index in [2.05, 4.69) is 20.1 Å². The molecule has 1 aromatic carbocycles. The summed E-state index contributed by atoms with van der Waals surface area (Å²) in [7, 11) is 4.02. The van der Waals surface area contributed by atoms with Crippen molar-refractivity contribution in [3.05, 3.63) is 41.7 Å². The molecule has 0 spiro atoms. The number of nitrogens with zero attached hydrogens (tertiary/aromatic N) is 4. The molecule has 124 valence electrons. The highest BCUT2D eigenvalue weighted by molar-refractivity contribution is 7.99. The Kier molecular flexibility index (Phi) is 6.61. The van der Waals surface area contributed by atoms with Crippen molar-refractivity contribution in [1.29, 1.82) is 0 Å². The number of H-pyrrole nitrogens is 1. The lowest BCUT2D eigenvalue weighted by Gasteiger charge is -2.24. The fourth-order valence-electron chi connectivity index (χ4n) is 2.02. The smallest absolute Gasteiger partial charge is 0.233 e. The molecule has 0 fully saturated rings. The van der Waals surface area contributed by atoms with Crippen LogP contribution < -0.4 is 0 Å². The van der Waals surface area contributed by atoms with Gasteiger partial charge >= 0.3 is 0 Å². The van der Waals surface area contributed by atoms with Crippen LogP contribution in [0, 0.1) is 6.92 Å². The summed E-state index contributed by atoms with van der Waals surface area (Å²) < 4.78 is 0. The van der Waals surface area contributed by atoms with Gasteiger partial charge in [0.1, 0.15) is 5.82 Å². The van der Waals surface area contributed by atoms with Crippen molar-refractivity contribution in [1.82, 2.24) is 25.0 Å². The Morgan fingerprint density at radius 2 is 1.96 bits per heavy atom. The van der Waals surface area contributed by atoms with Crippen molar-refractivity contribution in [3.8, 4) is 0 Å². The van der Waals surface area contributed by atoms with Crippen LogP contribution in [0.1, 0.15) is 11.4 Å². The van der Waals surface area contributed by atoms with E-state index in [1.54, 1.807) is 0 Å². The van der Waals surface area contributed by atoms with Crippen LogP contribution in [0.25, 0.3) is 0 Å². The first-order valence-corrected chi connectivity index (χ1v) is 8.51. The summed E-state index contributed by atoms with van der Waals surface area (Å²) in [6.07, 6.45) is 0. The van der Waals surface area contributed by atoms with Crippen molar-refractivity contribution < 1.29 is 4.79 Å². The molecule has 23 heavy (non-hydrogen) atoms. The SMILES string of the molecule is Cc1nc(SCC(=O)N(CCN(C)C)Cc2ccccc2)n[nH]1. The molecular weight excluding hydrogens is 310 g/mol. The molecule has 0 saturated carbocycles. The lowest BCUT2D eigenvalue weighted by Crippen LogP contribution is -2.37. The van der Waals surface area contributed by atoms with E-state index in [1.807, 2.05) is 56.3 Å². The number of thioether (sulfide) groups is 1. The Bertz CT molecular complexity index is 614. The molecule has 0 aliphatic heterocycles. The van der Waals surface area contributed by atoms with Crippen molar-refractivity contribution in [2.45, 2.75) is 18.6 Å². The molecule has 0 radical (unpaired) electrons. The highest BCUT2D eigenvalue weighted by Gasteiger charge is 2.15. The first-order chi connectivity index (χ1) is 11.0. The number of aromatic amines is 1. The Morgan fingerprint density at radius 3 is 2.57 bits per heavy atom. The van der Waals surface area contributed by atoms with Crippen LogP contribution in [-0.4, -0.2) is 63.8 Å². The Balaban J connectivity index is 1.95. The van der Waals surface area contributed by atoms with E-state index in [4.69, 9.17) is 0 Å². The molecule has 7 heteroatoms. The van der Waals surface area contributed by atoms with Gasteiger partial charge in [0.05, 0.1) is 5.75 Å². The third-order valence-electron chi connectivity index (χ3n) is 3.29. The number of aromatic nitrogens is 3. The van der Waals surface area contributed by atoms with Crippen LogP contribution in [0.5, 0.6) is 0 Å². The standard InChI is InChI=1S/C16H23N5OS/c1-13-17-16(19-18-13)23-12-15(22)21(10-9-20(2)3)11-14-7-5-4-6-8-14/h4-8H,9-12H2,1-3H3,(H,17,18,19). The van der Waals surface area contributed by atoms with Crippen LogP contribution in [0.4, 0.5) is 0 Å². The maximum Gasteiger partial charge on any atom is 0.233 e. The molecule has 0 unspecified atom stereocenters. The zero-order chi connectivity index (χ0) is 16.7. The normalized spacial score (nSPS) is 11.0. The van der Waals surface area contributed by atoms with Crippen molar-refractivity contribution in [2.75, 3.05) is 32.9 Å². The van der Waals surface area contributed by atoms with Crippen LogP contribution in [-0.2, 0) is 11.3 Å². The Morgan fingerprint density at radius 1 is 1.22 bits per heavy atom. The predicted molar refractivity (Wildman–Crippen MR) is 92.3 cm³/mol. The maximum absolute atomic E-state index is 12.6. The number of rotatable bonds is 8. The molecule has 0 bridgehead atoms. The van der Waals surface area contributed by atoms with Gasteiger partial charge in [-0.05, 0) is 26.6 Å². The molecule has 0 aliphatic carbocycles. The second-order valence-corrected chi connectivity index (χ2v) is 6.54. The molecule has 2 rings (SSSR count). The van der Waals surface area contributed by atoms with E-state index in [-0.39, 0.29) is 5.91 Å². The number of aryl methyl sites for hydroxylation is 1. The van der Waals surface area contributed by atoms with Crippen molar-refractivity contribution in [2.24, 2.45) is 0 Å². The largest absolute Gasteiger partial charge is 0.336 e. The monoisotopic (exact) mass is 333 g/mol. The Labute approximate surface area is 141 Å². The summed E-state index contributed by atoms with van der Waals surface area (Å²) in [4.78, 5) is 20.7. The number of carbonyl (C=O) groups is 1. The van der Waals surface area contributed by atoms with E-state index < -0.39 is 0 Å². The van der Waals surface area contributed by atoms with Crippen LogP contribution >= 0.6 is 11.8 Å². The second-order valence-electron chi connectivity index (χ2n) is 5.60. The summed E-state index contributed by atoms with van der Waals surface area (Å²) in [5.74, 6) is 1.20. The number of hydrogen-bond donors (Lipinski definition) is 1. The van der Waals surface area contributed by atoms with E-state index in [1.165, 1.54) is 11.8 Å². The number of hydrogen-bond acceptors (Lipinski definition) is 5. The molecule has 0 saturated heterocycles. The van der Waals surface area contributed by atoms with Gasteiger partial charge in [-0.2, -0.15) is 0 Å². The molecule has 1 aromatic heterocycles. The van der Waals surface area contributed by atoms with E-state index in [9.17, 15) is 4.79 Å². The third-order valence-corrected chi connectivity index (χ3v) is 4.12. The van der Waals surface area contributed by atoms with Gasteiger partial charge in [0, 0.05) is 19.6 Å². The van der Waals surface area contributed by atoms with Gasteiger partial charge in [0.2, 0.25) is 11.1 Å². The highest BCUT2D eigenvalue weighted by Crippen LogP contribution is 2.14. The van der Waals surface area contributed by atoms with Crippen LogP contribution in [0.3, 0.4) is 0 Å². The van der Waals surface area contributed by atoms with E-state index in [0.29, 0.717) is 24.0 Å². The first-order valence-electron chi connectivity index (χ1n) is 7.53. The van der Waals surface area contributed by atoms with Gasteiger partial charge in [-0.25, -0.2) is 4.98 Å². The molecule has 0 aliphatic rings. The molecule has 0 atom stereocenters. The molecule has 6 nitrogen and oxygen atoms in total. The zero-order valence-electron chi connectivity index (χ0n) is 13.8. The van der Waals surface area contributed by atoms with Crippen LogP contribution in [0.2, 0.25) is 0 Å². The van der Waals surface area contributed by atoms with Gasteiger partial charge in [0.15, 0.2) is 0 Å². The minimum Gasteiger partial charge on any atom is -0.336 e. The van der Waals surface area contributed by atoms with Gasteiger partial charge in [-0.15, -0.1) is 5.10 Å². The second kappa shape index (κ2) is 8.69. The van der Waals surface area contributed by atoms with Crippen molar-refractivity contribution in [3.63, 3.8) is 0 Å². The average Bonchev–Trinajstić information content (AvgIpc) is 2.95.